The minimum Gasteiger partial charge on any atom is -0.337 e. The topological polar surface area (TPSA) is 38.1 Å². The van der Waals surface area contributed by atoms with Crippen molar-refractivity contribution in [1.82, 2.24) is 14.7 Å². The quantitative estimate of drug-likeness (QED) is 0.762. The van der Waals surface area contributed by atoms with Crippen LogP contribution in [0, 0.1) is 11.3 Å². The lowest BCUT2D eigenvalue weighted by molar-refractivity contribution is -0.00269. The number of nitrogens with zero attached hydrogens (tertiary/aromatic N) is 3. The Morgan fingerprint density at radius 1 is 1.39 bits per heavy atom. The number of amides is 1. The van der Waals surface area contributed by atoms with Gasteiger partial charge in [0.2, 0.25) is 0 Å². The van der Waals surface area contributed by atoms with Crippen molar-refractivity contribution in [3.8, 4) is 0 Å². The Bertz CT molecular complexity index is 449. The van der Waals surface area contributed by atoms with Crippen LogP contribution in [0.5, 0.6) is 0 Å². The van der Waals surface area contributed by atoms with E-state index in [-0.39, 0.29) is 5.91 Å². The second kappa shape index (κ2) is 4.11. The molecule has 0 unspecified atom stereocenters. The summed E-state index contributed by atoms with van der Waals surface area (Å²) in [5.41, 5.74) is 1.15. The van der Waals surface area contributed by atoms with E-state index in [2.05, 4.69) is 12.0 Å². The first kappa shape index (κ1) is 11.8. The van der Waals surface area contributed by atoms with E-state index in [1.54, 1.807) is 10.7 Å². The second-order valence-electron chi connectivity index (χ2n) is 6.18. The molecular weight excluding hydrogens is 226 g/mol. The fourth-order valence-electron chi connectivity index (χ4n) is 3.70. The predicted molar refractivity (Wildman–Crippen MR) is 69.2 cm³/mol. The van der Waals surface area contributed by atoms with E-state index in [0.717, 1.165) is 19.0 Å². The summed E-state index contributed by atoms with van der Waals surface area (Å²) in [4.78, 5) is 14.2. The smallest absolute Gasteiger partial charge is 0.274 e. The number of aromatic nitrogens is 2. The Balaban J connectivity index is 1.61. The summed E-state index contributed by atoms with van der Waals surface area (Å²) in [6.07, 6.45) is 6.90. The summed E-state index contributed by atoms with van der Waals surface area (Å²) in [7, 11) is 1.84. The average molecular weight is 247 g/mol. The van der Waals surface area contributed by atoms with Crippen LogP contribution >= 0.6 is 0 Å². The largest absolute Gasteiger partial charge is 0.337 e. The zero-order valence-corrected chi connectivity index (χ0v) is 11.2. The molecule has 0 radical (unpaired) electrons. The Labute approximate surface area is 108 Å². The van der Waals surface area contributed by atoms with E-state index in [1.165, 1.54) is 25.7 Å². The highest BCUT2D eigenvalue weighted by molar-refractivity contribution is 5.92. The van der Waals surface area contributed by atoms with E-state index in [9.17, 15) is 4.79 Å². The number of likely N-dealkylation sites (tertiary alicyclic amines) is 1. The monoisotopic (exact) mass is 247 g/mol. The van der Waals surface area contributed by atoms with Crippen LogP contribution in [-0.4, -0.2) is 33.7 Å². The van der Waals surface area contributed by atoms with Gasteiger partial charge in [0, 0.05) is 26.3 Å². The molecule has 0 aromatic carbocycles. The highest BCUT2D eigenvalue weighted by atomic mass is 16.2. The standard InChI is InChI=1S/C14H21N3O/c1-11-9-14(10-11)4-7-17(8-5-14)13(18)12-3-6-16(2)15-12/h3,6,11H,4-5,7-10H2,1-2H3. The Hall–Kier alpha value is -1.32. The van der Waals surface area contributed by atoms with Crippen molar-refractivity contribution in [2.24, 2.45) is 18.4 Å². The van der Waals surface area contributed by atoms with Gasteiger partial charge in [0.25, 0.3) is 5.91 Å². The third kappa shape index (κ3) is 1.93. The zero-order chi connectivity index (χ0) is 12.8. The van der Waals surface area contributed by atoms with Gasteiger partial charge in [-0.25, -0.2) is 0 Å². The van der Waals surface area contributed by atoms with Crippen LogP contribution in [0.15, 0.2) is 12.3 Å². The molecular formula is C14H21N3O. The Morgan fingerprint density at radius 3 is 2.56 bits per heavy atom. The third-order valence-corrected chi connectivity index (χ3v) is 4.61. The van der Waals surface area contributed by atoms with Crippen LogP contribution < -0.4 is 0 Å². The van der Waals surface area contributed by atoms with Gasteiger partial charge < -0.3 is 4.90 Å². The molecule has 1 amide bonds. The summed E-state index contributed by atoms with van der Waals surface area (Å²) in [5, 5.41) is 4.19. The minimum absolute atomic E-state index is 0.0952. The molecule has 1 saturated heterocycles. The maximum Gasteiger partial charge on any atom is 0.274 e. The molecule has 4 heteroatoms. The molecule has 1 aliphatic heterocycles. The number of carbonyl (C=O) groups is 1. The summed E-state index contributed by atoms with van der Waals surface area (Å²) in [5.74, 6) is 0.987. The molecule has 1 aliphatic carbocycles. The number of piperidine rings is 1. The molecule has 0 atom stereocenters. The van der Waals surface area contributed by atoms with Crippen molar-refractivity contribution in [3.05, 3.63) is 18.0 Å². The van der Waals surface area contributed by atoms with E-state index >= 15 is 0 Å². The van der Waals surface area contributed by atoms with Gasteiger partial charge in [0.1, 0.15) is 5.69 Å². The molecule has 1 aromatic rings. The normalized spacial score (nSPS) is 23.1. The van der Waals surface area contributed by atoms with Crippen molar-refractivity contribution in [2.75, 3.05) is 13.1 Å². The van der Waals surface area contributed by atoms with Gasteiger partial charge in [0.05, 0.1) is 0 Å². The fourth-order valence-corrected chi connectivity index (χ4v) is 3.70. The molecule has 2 aliphatic rings. The van der Waals surface area contributed by atoms with Crippen LogP contribution in [0.3, 0.4) is 0 Å². The first-order chi connectivity index (χ1) is 8.58. The van der Waals surface area contributed by atoms with Gasteiger partial charge in [-0.1, -0.05) is 6.92 Å². The maximum atomic E-state index is 12.2. The maximum absolute atomic E-state index is 12.2. The lowest BCUT2D eigenvalue weighted by atomic mass is 9.58. The molecule has 4 nitrogen and oxygen atoms in total. The van der Waals surface area contributed by atoms with E-state index in [0.29, 0.717) is 11.1 Å². The zero-order valence-electron chi connectivity index (χ0n) is 11.2. The van der Waals surface area contributed by atoms with Crippen molar-refractivity contribution in [3.63, 3.8) is 0 Å². The number of rotatable bonds is 1. The Morgan fingerprint density at radius 2 is 2.06 bits per heavy atom. The molecule has 2 fully saturated rings. The van der Waals surface area contributed by atoms with Crippen LogP contribution in [0.4, 0.5) is 0 Å². The first-order valence-electron chi connectivity index (χ1n) is 6.87. The summed E-state index contributed by atoms with van der Waals surface area (Å²) >= 11 is 0. The second-order valence-corrected chi connectivity index (χ2v) is 6.18. The van der Waals surface area contributed by atoms with Crippen LogP contribution in [0.25, 0.3) is 0 Å². The van der Waals surface area contributed by atoms with Crippen molar-refractivity contribution < 1.29 is 4.79 Å². The Kier molecular flexibility index (Phi) is 2.68. The summed E-state index contributed by atoms with van der Waals surface area (Å²) in [6.45, 7) is 4.14. The molecule has 98 valence electrons. The number of aryl methyl sites for hydroxylation is 1. The van der Waals surface area contributed by atoms with E-state index in [4.69, 9.17) is 0 Å². The van der Waals surface area contributed by atoms with Crippen LogP contribution in [-0.2, 0) is 7.05 Å². The average Bonchev–Trinajstić information content (AvgIpc) is 2.74. The molecule has 1 aromatic heterocycles. The van der Waals surface area contributed by atoms with Gasteiger partial charge in [-0.2, -0.15) is 5.10 Å². The lowest BCUT2D eigenvalue weighted by Crippen LogP contribution is -2.48. The van der Waals surface area contributed by atoms with E-state index < -0.39 is 0 Å². The summed E-state index contributed by atoms with van der Waals surface area (Å²) < 4.78 is 1.69. The highest BCUT2D eigenvalue weighted by Crippen LogP contribution is 2.52. The van der Waals surface area contributed by atoms with Crippen LogP contribution in [0.1, 0.15) is 43.1 Å². The number of carbonyl (C=O) groups excluding carboxylic acids is 1. The fraction of sp³-hybridized carbons (Fsp3) is 0.714. The van der Waals surface area contributed by atoms with Gasteiger partial charge >= 0.3 is 0 Å². The molecule has 0 bridgehead atoms. The third-order valence-electron chi connectivity index (χ3n) is 4.61. The van der Waals surface area contributed by atoms with Gasteiger partial charge in [-0.3, -0.25) is 9.48 Å². The highest BCUT2D eigenvalue weighted by Gasteiger charge is 2.44. The first-order valence-corrected chi connectivity index (χ1v) is 6.87. The number of hydrogen-bond acceptors (Lipinski definition) is 2. The van der Waals surface area contributed by atoms with Crippen molar-refractivity contribution >= 4 is 5.91 Å². The SMILES string of the molecule is CC1CC2(CCN(C(=O)c3ccn(C)n3)CC2)C1. The lowest BCUT2D eigenvalue weighted by Gasteiger charge is -2.51. The van der Waals surface area contributed by atoms with Gasteiger partial charge in [0.15, 0.2) is 0 Å². The molecule has 1 spiro atoms. The van der Waals surface area contributed by atoms with Crippen molar-refractivity contribution in [2.45, 2.75) is 32.6 Å². The van der Waals surface area contributed by atoms with Crippen molar-refractivity contribution in [1.29, 1.82) is 0 Å². The van der Waals surface area contributed by atoms with Gasteiger partial charge in [-0.05, 0) is 43.1 Å². The van der Waals surface area contributed by atoms with Gasteiger partial charge in [-0.15, -0.1) is 0 Å². The molecule has 18 heavy (non-hydrogen) atoms. The molecule has 0 N–H and O–H groups in total. The predicted octanol–water partition coefficient (Wildman–Crippen LogP) is 2.07. The number of hydrogen-bond donors (Lipinski definition) is 0. The molecule has 1 saturated carbocycles. The molecule has 2 heterocycles. The van der Waals surface area contributed by atoms with Crippen LogP contribution in [0.2, 0.25) is 0 Å². The van der Waals surface area contributed by atoms with E-state index in [1.807, 2.05) is 18.1 Å². The summed E-state index contributed by atoms with van der Waals surface area (Å²) in [6, 6.07) is 1.80. The molecule has 3 rings (SSSR count). The minimum atomic E-state index is 0.0952.